The topological polar surface area (TPSA) is 114 Å². The van der Waals surface area contributed by atoms with E-state index in [1.165, 1.54) is 0 Å². The van der Waals surface area contributed by atoms with Gasteiger partial charge in [-0.25, -0.2) is 0 Å². The Hall–Kier alpha value is -5.47. The number of ether oxygens (including phenoxy) is 2. The zero-order valence-electron chi connectivity index (χ0n) is 29.7. The highest BCUT2D eigenvalue weighted by Crippen LogP contribution is 2.23. The lowest BCUT2D eigenvalue weighted by Crippen LogP contribution is -2.42. The van der Waals surface area contributed by atoms with Crippen molar-refractivity contribution in [2.75, 3.05) is 13.2 Å². The predicted molar refractivity (Wildman–Crippen MR) is 204 cm³/mol. The summed E-state index contributed by atoms with van der Waals surface area (Å²) in [6.07, 6.45) is 5.02. The number of rotatable bonds is 22. The molecule has 0 aliphatic rings. The van der Waals surface area contributed by atoms with Crippen LogP contribution in [0.3, 0.4) is 0 Å². The predicted octanol–water partition coefficient (Wildman–Crippen LogP) is 7.09. The fraction of sp³-hybridized carbons (Fsp3) is 0.295. The number of nitrogens with one attached hydrogen (secondary N) is 2. The van der Waals surface area contributed by atoms with E-state index in [4.69, 9.17) is 9.47 Å². The Morgan fingerprint density at radius 3 is 1.96 bits per heavy atom. The molecule has 0 spiro atoms. The first-order valence-corrected chi connectivity index (χ1v) is 17.8. The summed E-state index contributed by atoms with van der Waals surface area (Å²) in [4.78, 5) is 40.2. The standard InChI is InChI=1S/C44H50N2O6/c1-3-5-20-38(27-33-16-9-6-10-17-33)44(50)52-41(36-21-13-8-14-22-36)30-45-43(49)37(15-4-2)29-42(48)46-39(31-47)28-34-23-25-40(26-24-34)51-32-35-18-11-7-12-19-35/h3-4,6-14,16-19,21-26,37-39,41,47H,1-2,5,15,20,27-32H2,(H,45,49)(H,46,48)/t37-,38+,39-,41-/m0/s1. The van der Waals surface area contributed by atoms with Gasteiger partial charge in [0.05, 0.1) is 31.0 Å². The quantitative estimate of drug-likeness (QED) is 0.0596. The van der Waals surface area contributed by atoms with Crippen molar-refractivity contribution in [3.8, 4) is 5.75 Å². The van der Waals surface area contributed by atoms with Gasteiger partial charge in [-0.2, -0.15) is 0 Å². The SMILES string of the molecule is C=CCC[C@H](Cc1ccccc1)C(=O)O[C@@H](CNC(=O)[C@@H](CC=C)CC(=O)N[C@H](CO)Cc1ccc(OCc2ccccc2)cc1)c1ccccc1. The van der Waals surface area contributed by atoms with Crippen LogP contribution in [0.2, 0.25) is 0 Å². The van der Waals surface area contributed by atoms with Gasteiger partial charge in [0.1, 0.15) is 18.5 Å². The maximum atomic E-state index is 13.6. The second-order valence-corrected chi connectivity index (χ2v) is 12.8. The molecule has 52 heavy (non-hydrogen) atoms. The molecule has 0 bridgehead atoms. The Labute approximate surface area is 307 Å². The molecular weight excluding hydrogens is 652 g/mol. The minimum absolute atomic E-state index is 0.0354. The molecule has 0 aliphatic heterocycles. The molecule has 0 heterocycles. The molecule has 272 valence electrons. The van der Waals surface area contributed by atoms with E-state index in [9.17, 15) is 19.5 Å². The van der Waals surface area contributed by atoms with E-state index in [1.54, 1.807) is 12.2 Å². The molecule has 0 aliphatic carbocycles. The number of esters is 1. The number of allylic oxidation sites excluding steroid dienone is 2. The average Bonchev–Trinajstić information content (AvgIpc) is 3.18. The smallest absolute Gasteiger partial charge is 0.309 e. The zero-order chi connectivity index (χ0) is 37.0. The molecule has 4 atom stereocenters. The molecule has 4 aromatic rings. The van der Waals surface area contributed by atoms with Crippen LogP contribution in [-0.2, 0) is 38.6 Å². The second-order valence-electron chi connectivity index (χ2n) is 12.8. The highest BCUT2D eigenvalue weighted by atomic mass is 16.5. The summed E-state index contributed by atoms with van der Waals surface area (Å²) in [7, 11) is 0. The number of aliphatic hydroxyl groups excluding tert-OH is 1. The van der Waals surface area contributed by atoms with Crippen molar-refractivity contribution in [2.24, 2.45) is 11.8 Å². The van der Waals surface area contributed by atoms with Crippen molar-refractivity contribution >= 4 is 17.8 Å². The minimum atomic E-state index is -0.730. The first kappa shape index (κ1) is 39.3. The first-order valence-electron chi connectivity index (χ1n) is 17.8. The van der Waals surface area contributed by atoms with Crippen molar-refractivity contribution in [1.82, 2.24) is 10.6 Å². The number of carbonyl (C=O) groups excluding carboxylic acids is 3. The van der Waals surface area contributed by atoms with Crippen molar-refractivity contribution in [3.05, 3.63) is 163 Å². The van der Waals surface area contributed by atoms with E-state index >= 15 is 0 Å². The number of benzene rings is 4. The summed E-state index contributed by atoms with van der Waals surface area (Å²) in [6.45, 7) is 7.82. The van der Waals surface area contributed by atoms with Crippen LogP contribution in [0.5, 0.6) is 5.75 Å². The molecule has 0 radical (unpaired) electrons. The van der Waals surface area contributed by atoms with Crippen LogP contribution < -0.4 is 15.4 Å². The monoisotopic (exact) mass is 702 g/mol. The Bertz CT molecular complexity index is 1680. The van der Waals surface area contributed by atoms with E-state index in [-0.39, 0.29) is 49.7 Å². The van der Waals surface area contributed by atoms with E-state index in [1.807, 2.05) is 115 Å². The molecule has 8 heteroatoms. The Morgan fingerprint density at radius 2 is 1.35 bits per heavy atom. The second kappa shape index (κ2) is 21.7. The van der Waals surface area contributed by atoms with Crippen LogP contribution in [0.25, 0.3) is 0 Å². The molecular formula is C44H50N2O6. The van der Waals surface area contributed by atoms with Crippen molar-refractivity contribution in [1.29, 1.82) is 0 Å². The van der Waals surface area contributed by atoms with Crippen LogP contribution in [-0.4, -0.2) is 42.1 Å². The lowest BCUT2D eigenvalue weighted by atomic mass is 9.94. The molecule has 0 aromatic heterocycles. The van der Waals surface area contributed by atoms with Gasteiger partial charge in [0, 0.05) is 6.42 Å². The molecule has 3 N–H and O–H groups in total. The largest absolute Gasteiger partial charge is 0.489 e. The van der Waals surface area contributed by atoms with Crippen LogP contribution >= 0.6 is 0 Å². The number of amides is 2. The summed E-state index contributed by atoms with van der Waals surface area (Å²) in [5.74, 6) is -1.43. The van der Waals surface area contributed by atoms with E-state index in [0.717, 1.165) is 28.0 Å². The van der Waals surface area contributed by atoms with Crippen molar-refractivity contribution in [2.45, 2.75) is 57.3 Å². The molecule has 0 unspecified atom stereocenters. The zero-order valence-corrected chi connectivity index (χ0v) is 29.7. The van der Waals surface area contributed by atoms with Crippen LogP contribution in [0.4, 0.5) is 0 Å². The summed E-state index contributed by atoms with van der Waals surface area (Å²) in [5, 5.41) is 15.9. The van der Waals surface area contributed by atoms with E-state index < -0.39 is 18.1 Å². The first-order chi connectivity index (χ1) is 25.4. The van der Waals surface area contributed by atoms with Gasteiger partial charge >= 0.3 is 5.97 Å². The molecule has 0 fully saturated rings. The Kier molecular flexibility index (Phi) is 16.4. The highest BCUT2D eigenvalue weighted by Gasteiger charge is 2.27. The Balaban J connectivity index is 1.33. The van der Waals surface area contributed by atoms with Gasteiger partial charge in [0.25, 0.3) is 0 Å². The van der Waals surface area contributed by atoms with Gasteiger partial charge in [0.2, 0.25) is 11.8 Å². The molecule has 4 aromatic carbocycles. The highest BCUT2D eigenvalue weighted by molar-refractivity contribution is 5.86. The van der Waals surface area contributed by atoms with E-state index in [2.05, 4.69) is 23.8 Å². The van der Waals surface area contributed by atoms with Gasteiger partial charge < -0.3 is 25.2 Å². The minimum Gasteiger partial charge on any atom is -0.489 e. The van der Waals surface area contributed by atoms with Crippen molar-refractivity contribution < 1.29 is 29.0 Å². The van der Waals surface area contributed by atoms with Crippen LogP contribution in [0.15, 0.2) is 141 Å². The van der Waals surface area contributed by atoms with Gasteiger partial charge in [-0.05, 0) is 66.5 Å². The van der Waals surface area contributed by atoms with Gasteiger partial charge in [0.15, 0.2) is 0 Å². The van der Waals surface area contributed by atoms with Gasteiger partial charge in [-0.1, -0.05) is 115 Å². The van der Waals surface area contributed by atoms with Gasteiger partial charge in [-0.15, -0.1) is 13.2 Å². The summed E-state index contributed by atoms with van der Waals surface area (Å²) in [6, 6.07) is 36.0. The lowest BCUT2D eigenvalue weighted by molar-refractivity contribution is -0.155. The maximum Gasteiger partial charge on any atom is 0.309 e. The summed E-state index contributed by atoms with van der Waals surface area (Å²) >= 11 is 0. The third-order valence-electron chi connectivity index (χ3n) is 8.76. The lowest BCUT2D eigenvalue weighted by Gasteiger charge is -2.24. The normalized spacial score (nSPS) is 13.1. The Morgan fingerprint density at radius 1 is 0.731 bits per heavy atom. The van der Waals surface area contributed by atoms with Gasteiger partial charge in [-0.3, -0.25) is 14.4 Å². The average molecular weight is 703 g/mol. The number of aliphatic hydroxyl groups is 1. The maximum absolute atomic E-state index is 13.6. The summed E-state index contributed by atoms with van der Waals surface area (Å²) < 4.78 is 11.9. The third-order valence-corrected chi connectivity index (χ3v) is 8.76. The number of hydrogen-bond donors (Lipinski definition) is 3. The number of carbonyl (C=O) groups is 3. The fourth-order valence-electron chi connectivity index (χ4n) is 5.89. The summed E-state index contributed by atoms with van der Waals surface area (Å²) in [5.41, 5.74) is 3.77. The van der Waals surface area contributed by atoms with E-state index in [0.29, 0.717) is 32.3 Å². The molecule has 0 saturated heterocycles. The number of hydrogen-bond acceptors (Lipinski definition) is 6. The molecule has 8 nitrogen and oxygen atoms in total. The van der Waals surface area contributed by atoms with Crippen molar-refractivity contribution in [3.63, 3.8) is 0 Å². The molecule has 0 saturated carbocycles. The third kappa shape index (κ3) is 13.3. The van der Waals surface area contributed by atoms with Crippen LogP contribution in [0.1, 0.15) is 54.0 Å². The molecule has 4 rings (SSSR count). The van der Waals surface area contributed by atoms with Crippen LogP contribution in [0, 0.1) is 11.8 Å². The molecule has 2 amide bonds. The fourth-order valence-corrected chi connectivity index (χ4v) is 5.89.